The minimum absolute atomic E-state index is 0.0356. The summed E-state index contributed by atoms with van der Waals surface area (Å²) in [5.74, 6) is -0.692. The van der Waals surface area contributed by atoms with Gasteiger partial charge in [0.05, 0.1) is 12.3 Å². The van der Waals surface area contributed by atoms with E-state index in [2.05, 4.69) is 5.32 Å². The van der Waals surface area contributed by atoms with Crippen LogP contribution in [-0.2, 0) is 26.0 Å². The topological polar surface area (TPSA) is 86.8 Å². The first-order valence-electron chi connectivity index (χ1n) is 10.9. The zero-order valence-electron chi connectivity index (χ0n) is 18.2. The van der Waals surface area contributed by atoms with E-state index in [1.54, 1.807) is 13.8 Å². The van der Waals surface area contributed by atoms with Crippen LogP contribution >= 0.6 is 0 Å². The van der Waals surface area contributed by atoms with Gasteiger partial charge in [-0.1, -0.05) is 44.9 Å². The van der Waals surface area contributed by atoms with Crippen molar-refractivity contribution in [2.75, 3.05) is 23.7 Å². The van der Waals surface area contributed by atoms with E-state index in [9.17, 15) is 18.0 Å². The summed E-state index contributed by atoms with van der Waals surface area (Å²) in [4.78, 5) is 28.4. The fourth-order valence-corrected chi connectivity index (χ4v) is 6.09. The first-order chi connectivity index (χ1) is 14.2. The Morgan fingerprint density at radius 3 is 2.50 bits per heavy atom. The minimum Gasteiger partial charge on any atom is -0.351 e. The lowest BCUT2D eigenvalue weighted by Gasteiger charge is -2.47. The third-order valence-corrected chi connectivity index (χ3v) is 8.16. The number of para-hydroxylation sites is 1. The summed E-state index contributed by atoms with van der Waals surface area (Å²) in [7, 11) is -3.61. The number of carbonyl (C=O) groups is 2. The molecule has 0 radical (unpaired) electrons. The van der Waals surface area contributed by atoms with Crippen molar-refractivity contribution in [3.63, 3.8) is 0 Å². The Morgan fingerprint density at radius 1 is 1.20 bits per heavy atom. The van der Waals surface area contributed by atoms with E-state index in [0.717, 1.165) is 31.2 Å². The predicted molar refractivity (Wildman–Crippen MR) is 118 cm³/mol. The highest BCUT2D eigenvalue weighted by Gasteiger charge is 2.51. The van der Waals surface area contributed by atoms with Crippen LogP contribution in [0, 0.1) is 0 Å². The number of anilines is 1. The second kappa shape index (κ2) is 9.06. The zero-order chi connectivity index (χ0) is 21.9. The van der Waals surface area contributed by atoms with Crippen molar-refractivity contribution in [2.24, 2.45) is 0 Å². The standard InChI is InChI=1S/C22H33N3O4S/c1-4-14-30(28,29)24-15-20(26)25(19-13-9-6-10-17(19)5-2)22(3,16-24)21(27)23-18-11-7-8-12-18/h6,9-10,13,18H,4-5,7-8,11-12,14-16H2,1-3H3,(H,23,27)/t22-/m0/s1. The van der Waals surface area contributed by atoms with Gasteiger partial charge in [-0.3, -0.25) is 14.5 Å². The lowest BCUT2D eigenvalue weighted by Crippen LogP contribution is -2.71. The molecule has 0 aromatic heterocycles. The van der Waals surface area contributed by atoms with Crippen molar-refractivity contribution in [1.82, 2.24) is 9.62 Å². The van der Waals surface area contributed by atoms with E-state index in [4.69, 9.17) is 0 Å². The third kappa shape index (κ3) is 4.39. The molecular weight excluding hydrogens is 402 g/mol. The number of piperazine rings is 1. The second-order valence-corrected chi connectivity index (χ2v) is 10.6. The molecule has 1 N–H and O–H groups in total. The summed E-state index contributed by atoms with van der Waals surface area (Å²) in [5.41, 5.74) is 0.321. The molecule has 8 heteroatoms. The van der Waals surface area contributed by atoms with Gasteiger partial charge in [0.15, 0.2) is 0 Å². The van der Waals surface area contributed by atoms with Gasteiger partial charge in [-0.2, -0.15) is 4.31 Å². The fraction of sp³-hybridized carbons (Fsp3) is 0.636. The van der Waals surface area contributed by atoms with Crippen LogP contribution in [0.15, 0.2) is 24.3 Å². The van der Waals surface area contributed by atoms with Crippen LogP contribution in [-0.4, -0.2) is 55.0 Å². The number of hydrogen-bond acceptors (Lipinski definition) is 4. The smallest absolute Gasteiger partial charge is 0.247 e. The SMILES string of the molecule is CCCS(=O)(=O)N1CC(=O)N(c2ccccc2CC)[C@](C)(C(=O)NC2CCCC2)C1. The van der Waals surface area contributed by atoms with Crippen LogP contribution in [0.25, 0.3) is 0 Å². The monoisotopic (exact) mass is 435 g/mol. The van der Waals surface area contributed by atoms with E-state index in [1.807, 2.05) is 31.2 Å². The summed E-state index contributed by atoms with van der Waals surface area (Å²) >= 11 is 0. The number of rotatable bonds is 7. The molecule has 1 aliphatic heterocycles. The number of amides is 2. The van der Waals surface area contributed by atoms with Crippen molar-refractivity contribution >= 4 is 27.5 Å². The maximum atomic E-state index is 13.5. The highest BCUT2D eigenvalue weighted by atomic mass is 32.2. The normalized spacial score (nSPS) is 23.7. The third-order valence-electron chi connectivity index (χ3n) is 6.19. The van der Waals surface area contributed by atoms with Gasteiger partial charge in [0.2, 0.25) is 21.8 Å². The molecule has 0 bridgehead atoms. The molecular formula is C22H33N3O4S. The van der Waals surface area contributed by atoms with Crippen molar-refractivity contribution in [3.8, 4) is 0 Å². The number of hydrogen-bond donors (Lipinski definition) is 1. The molecule has 166 valence electrons. The first kappa shape index (κ1) is 22.7. The molecule has 0 unspecified atom stereocenters. The molecule has 1 saturated heterocycles. The van der Waals surface area contributed by atoms with Crippen molar-refractivity contribution in [2.45, 2.75) is 70.9 Å². The van der Waals surface area contributed by atoms with E-state index >= 15 is 0 Å². The molecule has 1 saturated carbocycles. The zero-order valence-corrected chi connectivity index (χ0v) is 19.0. The van der Waals surface area contributed by atoms with Crippen LogP contribution < -0.4 is 10.2 Å². The molecule has 1 aromatic rings. The number of nitrogens with one attached hydrogen (secondary N) is 1. The van der Waals surface area contributed by atoms with Gasteiger partial charge in [0, 0.05) is 18.3 Å². The summed E-state index contributed by atoms with van der Waals surface area (Å²) < 4.78 is 26.7. The number of nitrogens with zero attached hydrogens (tertiary/aromatic N) is 2. The highest BCUT2D eigenvalue weighted by Crippen LogP contribution is 2.34. The molecule has 1 aliphatic carbocycles. The average molecular weight is 436 g/mol. The Kier molecular flexibility index (Phi) is 6.87. The quantitative estimate of drug-likeness (QED) is 0.713. The number of sulfonamides is 1. The summed E-state index contributed by atoms with van der Waals surface area (Å²) in [6.45, 7) is 5.19. The molecule has 2 amide bonds. The molecule has 0 spiro atoms. The Bertz CT molecular complexity index is 895. The predicted octanol–water partition coefficient (Wildman–Crippen LogP) is 2.45. The maximum absolute atomic E-state index is 13.5. The van der Waals surface area contributed by atoms with Gasteiger partial charge in [-0.15, -0.1) is 0 Å². The highest BCUT2D eigenvalue weighted by molar-refractivity contribution is 7.89. The minimum atomic E-state index is -3.61. The van der Waals surface area contributed by atoms with Crippen LogP contribution in [0.1, 0.15) is 58.4 Å². The average Bonchev–Trinajstić information content (AvgIpc) is 3.20. The largest absolute Gasteiger partial charge is 0.351 e. The molecule has 1 aromatic carbocycles. The molecule has 7 nitrogen and oxygen atoms in total. The Labute approximate surface area is 179 Å². The fourth-order valence-electron chi connectivity index (χ4n) is 4.56. The van der Waals surface area contributed by atoms with Crippen LogP contribution in [0.3, 0.4) is 0 Å². The lowest BCUT2D eigenvalue weighted by atomic mass is 9.92. The molecule has 1 atom stereocenters. The number of benzene rings is 1. The van der Waals surface area contributed by atoms with Crippen molar-refractivity contribution in [3.05, 3.63) is 29.8 Å². The molecule has 2 aliphatic rings. The molecule has 3 rings (SSSR count). The lowest BCUT2D eigenvalue weighted by molar-refractivity contribution is -0.133. The van der Waals surface area contributed by atoms with E-state index < -0.39 is 15.6 Å². The summed E-state index contributed by atoms with van der Waals surface area (Å²) in [6, 6.07) is 7.61. The van der Waals surface area contributed by atoms with Crippen LogP contribution in [0.5, 0.6) is 0 Å². The summed E-state index contributed by atoms with van der Waals surface area (Å²) in [6.07, 6.45) is 5.14. The molecule has 2 fully saturated rings. The Hall–Kier alpha value is -1.93. The molecule has 30 heavy (non-hydrogen) atoms. The first-order valence-corrected chi connectivity index (χ1v) is 12.5. The second-order valence-electron chi connectivity index (χ2n) is 8.52. The van der Waals surface area contributed by atoms with Gasteiger partial charge in [-0.25, -0.2) is 8.42 Å². The van der Waals surface area contributed by atoms with Gasteiger partial charge >= 0.3 is 0 Å². The van der Waals surface area contributed by atoms with Crippen molar-refractivity contribution < 1.29 is 18.0 Å². The summed E-state index contributed by atoms with van der Waals surface area (Å²) in [5, 5.41) is 3.10. The molecule has 1 heterocycles. The number of aryl methyl sites for hydroxylation is 1. The van der Waals surface area contributed by atoms with Crippen molar-refractivity contribution in [1.29, 1.82) is 0 Å². The van der Waals surface area contributed by atoms with Crippen LogP contribution in [0.4, 0.5) is 5.69 Å². The van der Waals surface area contributed by atoms with E-state index in [0.29, 0.717) is 18.5 Å². The Morgan fingerprint density at radius 2 is 1.87 bits per heavy atom. The van der Waals surface area contributed by atoms with Gasteiger partial charge in [0.1, 0.15) is 5.54 Å². The van der Waals surface area contributed by atoms with Gasteiger partial charge < -0.3 is 5.32 Å². The van der Waals surface area contributed by atoms with E-state index in [-0.39, 0.29) is 36.7 Å². The maximum Gasteiger partial charge on any atom is 0.247 e. The van der Waals surface area contributed by atoms with E-state index in [1.165, 1.54) is 9.21 Å². The van der Waals surface area contributed by atoms with Gasteiger partial charge in [-0.05, 0) is 44.2 Å². The van der Waals surface area contributed by atoms with Crippen LogP contribution in [0.2, 0.25) is 0 Å². The van der Waals surface area contributed by atoms with Gasteiger partial charge in [0.25, 0.3) is 0 Å². The number of carbonyl (C=O) groups excluding carboxylic acids is 2. The Balaban J connectivity index is 2.03.